The highest BCUT2D eigenvalue weighted by Gasteiger charge is 2.38. The maximum Gasteiger partial charge on any atom is 0.161 e. The van der Waals surface area contributed by atoms with Gasteiger partial charge in [0.2, 0.25) is 0 Å². The van der Waals surface area contributed by atoms with Crippen LogP contribution < -0.4 is 14.8 Å². The molecule has 1 atom stereocenters. The summed E-state index contributed by atoms with van der Waals surface area (Å²) in [5.74, 6) is 1.42. The van der Waals surface area contributed by atoms with Crippen LogP contribution in [-0.2, 0) is 11.3 Å². The number of benzene rings is 1. The van der Waals surface area contributed by atoms with Crippen molar-refractivity contribution in [1.82, 2.24) is 15.1 Å². The molecule has 1 spiro atoms. The summed E-state index contributed by atoms with van der Waals surface area (Å²) in [6.45, 7) is 8.83. The van der Waals surface area contributed by atoms with Crippen molar-refractivity contribution in [2.75, 3.05) is 66.1 Å². The molecule has 3 aliphatic heterocycles. The van der Waals surface area contributed by atoms with Crippen LogP contribution in [0.1, 0.15) is 31.2 Å². The quantitative estimate of drug-likeness (QED) is 0.578. The zero-order chi connectivity index (χ0) is 20.8. The van der Waals surface area contributed by atoms with Gasteiger partial charge in [-0.1, -0.05) is 6.07 Å². The van der Waals surface area contributed by atoms with Gasteiger partial charge in [-0.2, -0.15) is 0 Å². The van der Waals surface area contributed by atoms with E-state index < -0.39 is 6.10 Å². The largest absolute Gasteiger partial charge is 0.493 e. The Labute approximate surface area is 204 Å². The van der Waals surface area contributed by atoms with Gasteiger partial charge in [0.1, 0.15) is 12.7 Å². The first-order valence-electron chi connectivity index (χ1n) is 11.4. The Kier molecular flexibility index (Phi) is 11.3. The molecule has 0 radical (unpaired) electrons. The van der Waals surface area contributed by atoms with Gasteiger partial charge in [0.25, 0.3) is 0 Å². The SMILES string of the molecule is COc1cc(CN2CCC3(CCCO3)CC2)ccc1OCC(O)CN1CCNCC1.Cl.Cl. The van der Waals surface area contributed by atoms with Gasteiger partial charge in [0, 0.05) is 59.0 Å². The number of piperidine rings is 1. The summed E-state index contributed by atoms with van der Waals surface area (Å²) in [6.07, 6.45) is 4.20. The number of aliphatic hydroxyl groups excluding tert-OH is 1. The number of halogens is 2. The Morgan fingerprint density at radius 1 is 1.06 bits per heavy atom. The number of β-amino-alcohol motifs (C(OH)–C–C–N with tert-alkyl or cyclic N) is 1. The molecule has 0 aliphatic carbocycles. The van der Waals surface area contributed by atoms with Gasteiger partial charge in [-0.3, -0.25) is 9.80 Å². The van der Waals surface area contributed by atoms with E-state index in [1.54, 1.807) is 7.11 Å². The molecule has 0 bridgehead atoms. The Bertz CT molecular complexity index is 675. The molecule has 4 rings (SSSR count). The molecule has 3 saturated heterocycles. The standard InChI is InChI=1S/C23H37N3O4.2ClH/c1-28-22-15-19(16-25-10-6-23(7-11-25)5-2-14-30-23)3-4-21(22)29-18-20(27)17-26-12-8-24-9-13-26;;/h3-4,15,20,24,27H,2,5-14,16-18H2,1H3;2*1H. The molecule has 1 unspecified atom stereocenters. The van der Waals surface area contributed by atoms with E-state index >= 15 is 0 Å². The molecular formula is C23H39Cl2N3O4. The van der Waals surface area contributed by atoms with Gasteiger partial charge in [-0.25, -0.2) is 0 Å². The second-order valence-electron chi connectivity index (χ2n) is 8.91. The average Bonchev–Trinajstić information content (AvgIpc) is 3.23. The van der Waals surface area contributed by atoms with Crippen LogP contribution in [0.4, 0.5) is 0 Å². The summed E-state index contributed by atoms with van der Waals surface area (Å²) in [7, 11) is 1.67. The predicted molar refractivity (Wildman–Crippen MR) is 131 cm³/mol. The third kappa shape index (κ3) is 7.35. The van der Waals surface area contributed by atoms with E-state index in [4.69, 9.17) is 14.2 Å². The second-order valence-corrected chi connectivity index (χ2v) is 8.91. The van der Waals surface area contributed by atoms with Crippen molar-refractivity contribution in [3.8, 4) is 11.5 Å². The number of nitrogens with one attached hydrogen (secondary N) is 1. The van der Waals surface area contributed by atoms with Crippen molar-refractivity contribution in [1.29, 1.82) is 0 Å². The maximum atomic E-state index is 10.3. The summed E-state index contributed by atoms with van der Waals surface area (Å²) < 4.78 is 17.5. The van der Waals surface area contributed by atoms with Crippen LogP contribution in [0, 0.1) is 0 Å². The molecule has 2 N–H and O–H groups in total. The van der Waals surface area contributed by atoms with Crippen LogP contribution in [-0.4, -0.2) is 92.7 Å². The fourth-order valence-electron chi connectivity index (χ4n) is 4.89. The maximum absolute atomic E-state index is 10.3. The monoisotopic (exact) mass is 491 g/mol. The molecule has 32 heavy (non-hydrogen) atoms. The fourth-order valence-corrected chi connectivity index (χ4v) is 4.89. The third-order valence-electron chi connectivity index (χ3n) is 6.70. The van der Waals surface area contributed by atoms with E-state index in [1.807, 2.05) is 6.07 Å². The van der Waals surface area contributed by atoms with Crippen LogP contribution in [0.5, 0.6) is 11.5 Å². The molecule has 0 amide bonds. The molecule has 184 valence electrons. The number of ether oxygens (including phenoxy) is 3. The van der Waals surface area contributed by atoms with E-state index in [0.717, 1.165) is 71.0 Å². The fraction of sp³-hybridized carbons (Fsp3) is 0.739. The third-order valence-corrected chi connectivity index (χ3v) is 6.70. The van der Waals surface area contributed by atoms with Crippen molar-refractivity contribution >= 4 is 24.8 Å². The molecule has 9 heteroatoms. The zero-order valence-electron chi connectivity index (χ0n) is 19.1. The topological polar surface area (TPSA) is 66.4 Å². The summed E-state index contributed by atoms with van der Waals surface area (Å²) in [5.41, 5.74) is 1.39. The summed E-state index contributed by atoms with van der Waals surface area (Å²) in [4.78, 5) is 4.77. The predicted octanol–water partition coefficient (Wildman–Crippen LogP) is 2.33. The van der Waals surface area contributed by atoms with Gasteiger partial charge in [-0.15, -0.1) is 24.8 Å². The van der Waals surface area contributed by atoms with Crippen molar-refractivity contribution in [2.24, 2.45) is 0 Å². The molecule has 0 aromatic heterocycles. The van der Waals surface area contributed by atoms with E-state index in [1.165, 1.54) is 18.4 Å². The van der Waals surface area contributed by atoms with Crippen LogP contribution in [0.15, 0.2) is 18.2 Å². The van der Waals surface area contributed by atoms with Gasteiger partial charge in [0.15, 0.2) is 11.5 Å². The first-order valence-corrected chi connectivity index (χ1v) is 11.4. The van der Waals surface area contributed by atoms with Crippen LogP contribution in [0.2, 0.25) is 0 Å². The average molecular weight is 492 g/mol. The van der Waals surface area contributed by atoms with Crippen LogP contribution in [0.3, 0.4) is 0 Å². The highest BCUT2D eigenvalue weighted by molar-refractivity contribution is 5.85. The van der Waals surface area contributed by atoms with Crippen LogP contribution in [0.25, 0.3) is 0 Å². The Morgan fingerprint density at radius 2 is 1.81 bits per heavy atom. The van der Waals surface area contributed by atoms with Gasteiger partial charge in [0.05, 0.1) is 12.7 Å². The van der Waals surface area contributed by atoms with E-state index in [0.29, 0.717) is 12.3 Å². The van der Waals surface area contributed by atoms with Crippen molar-refractivity contribution in [2.45, 2.75) is 43.9 Å². The first kappa shape index (κ1) is 27.4. The summed E-state index contributed by atoms with van der Waals surface area (Å²) >= 11 is 0. The Balaban J connectivity index is 0.00000181. The van der Waals surface area contributed by atoms with Gasteiger partial charge in [-0.05, 0) is 43.4 Å². The smallest absolute Gasteiger partial charge is 0.161 e. The zero-order valence-corrected chi connectivity index (χ0v) is 20.7. The minimum atomic E-state index is -0.508. The summed E-state index contributed by atoms with van der Waals surface area (Å²) in [6, 6.07) is 6.14. The number of hydrogen-bond acceptors (Lipinski definition) is 7. The highest BCUT2D eigenvalue weighted by Crippen LogP contribution is 2.36. The van der Waals surface area contributed by atoms with E-state index in [-0.39, 0.29) is 37.0 Å². The lowest BCUT2D eigenvalue weighted by atomic mass is 9.88. The summed E-state index contributed by atoms with van der Waals surface area (Å²) in [5, 5.41) is 13.7. The first-order chi connectivity index (χ1) is 14.7. The number of nitrogens with zero attached hydrogens (tertiary/aromatic N) is 2. The number of aliphatic hydroxyl groups is 1. The van der Waals surface area contributed by atoms with Crippen LogP contribution >= 0.6 is 24.8 Å². The molecule has 1 aromatic carbocycles. The number of likely N-dealkylation sites (tertiary alicyclic amines) is 1. The minimum Gasteiger partial charge on any atom is -0.493 e. The Hall–Kier alpha value is -0.800. The molecule has 3 fully saturated rings. The van der Waals surface area contributed by atoms with E-state index in [9.17, 15) is 5.11 Å². The number of rotatable bonds is 8. The van der Waals surface area contributed by atoms with Gasteiger partial charge >= 0.3 is 0 Å². The molecule has 3 aliphatic rings. The molecular weight excluding hydrogens is 453 g/mol. The van der Waals surface area contributed by atoms with E-state index in [2.05, 4.69) is 27.2 Å². The normalized spacial score (nSPS) is 22.1. The molecule has 3 heterocycles. The lowest BCUT2D eigenvalue weighted by Crippen LogP contribution is -2.47. The number of methoxy groups -OCH3 is 1. The van der Waals surface area contributed by atoms with Crippen molar-refractivity contribution in [3.05, 3.63) is 23.8 Å². The molecule has 1 aromatic rings. The lowest BCUT2D eigenvalue weighted by Gasteiger charge is -2.38. The Morgan fingerprint density at radius 3 is 2.47 bits per heavy atom. The second kappa shape index (κ2) is 13.2. The van der Waals surface area contributed by atoms with Crippen molar-refractivity contribution < 1.29 is 19.3 Å². The molecule has 0 saturated carbocycles. The van der Waals surface area contributed by atoms with Gasteiger partial charge < -0.3 is 24.6 Å². The minimum absolute atomic E-state index is 0. The molecule has 7 nitrogen and oxygen atoms in total. The lowest BCUT2D eigenvalue weighted by molar-refractivity contribution is -0.0447. The van der Waals surface area contributed by atoms with Crippen molar-refractivity contribution in [3.63, 3.8) is 0 Å². The number of hydrogen-bond donors (Lipinski definition) is 2. The number of piperazine rings is 1. The highest BCUT2D eigenvalue weighted by atomic mass is 35.5.